The minimum absolute atomic E-state index is 0.0751. The Bertz CT molecular complexity index is 838. The predicted octanol–water partition coefficient (Wildman–Crippen LogP) is 4.23. The Hall–Kier alpha value is -2.66. The van der Waals surface area contributed by atoms with Crippen molar-refractivity contribution in [3.05, 3.63) is 76.8 Å². The van der Waals surface area contributed by atoms with Gasteiger partial charge in [0.25, 0.3) is 5.91 Å². The third kappa shape index (κ3) is 3.24. The Morgan fingerprint density at radius 3 is 2.52 bits per heavy atom. The normalized spacial score (nSPS) is 10.6. The van der Waals surface area contributed by atoms with Gasteiger partial charge in [-0.25, -0.2) is 9.07 Å². The van der Waals surface area contributed by atoms with E-state index in [1.807, 2.05) is 31.3 Å². The van der Waals surface area contributed by atoms with E-state index in [2.05, 4.69) is 10.4 Å². The molecule has 0 aliphatic heterocycles. The van der Waals surface area contributed by atoms with Crippen molar-refractivity contribution in [3.8, 4) is 5.69 Å². The topological polar surface area (TPSA) is 46.9 Å². The molecule has 0 radical (unpaired) electrons. The number of carbonyl (C=O) groups excluding carboxylic acids is 1. The summed E-state index contributed by atoms with van der Waals surface area (Å²) in [6.07, 6.45) is 1.85. The molecule has 0 aliphatic carbocycles. The minimum atomic E-state index is -0.654. The first kappa shape index (κ1) is 15.2. The molecule has 23 heavy (non-hydrogen) atoms. The van der Waals surface area contributed by atoms with Crippen LogP contribution in [0, 0.1) is 12.7 Å². The van der Waals surface area contributed by atoms with E-state index in [0.29, 0.717) is 5.69 Å². The van der Waals surface area contributed by atoms with Crippen LogP contribution in [0.2, 0.25) is 5.02 Å². The molecular formula is C17H13ClFN3O. The summed E-state index contributed by atoms with van der Waals surface area (Å²) in [4.78, 5) is 12.2. The second kappa shape index (κ2) is 6.22. The molecule has 0 aliphatic rings. The van der Waals surface area contributed by atoms with Crippen LogP contribution in [-0.2, 0) is 0 Å². The van der Waals surface area contributed by atoms with Crippen molar-refractivity contribution in [2.75, 3.05) is 5.32 Å². The summed E-state index contributed by atoms with van der Waals surface area (Å²) in [5, 5.41) is 7.01. The second-order valence-electron chi connectivity index (χ2n) is 5.00. The van der Waals surface area contributed by atoms with Gasteiger partial charge in [-0.1, -0.05) is 17.7 Å². The first-order valence-corrected chi connectivity index (χ1v) is 7.30. The third-order valence-electron chi connectivity index (χ3n) is 3.30. The number of anilines is 1. The Kier molecular flexibility index (Phi) is 4.12. The second-order valence-corrected chi connectivity index (χ2v) is 5.41. The minimum Gasteiger partial charge on any atom is -0.322 e. The Labute approximate surface area is 137 Å². The molecule has 0 bridgehead atoms. The van der Waals surface area contributed by atoms with Crippen LogP contribution in [0.1, 0.15) is 16.1 Å². The molecule has 1 amide bonds. The Morgan fingerprint density at radius 2 is 1.91 bits per heavy atom. The van der Waals surface area contributed by atoms with Crippen LogP contribution >= 0.6 is 11.6 Å². The molecule has 6 heteroatoms. The molecule has 0 unspecified atom stereocenters. The number of hydrogen-bond donors (Lipinski definition) is 1. The van der Waals surface area contributed by atoms with Gasteiger partial charge in [0.1, 0.15) is 5.82 Å². The molecule has 3 rings (SSSR count). The summed E-state index contributed by atoms with van der Waals surface area (Å²) in [5.41, 5.74) is 2.15. The molecule has 116 valence electrons. The van der Waals surface area contributed by atoms with Crippen LogP contribution in [0.5, 0.6) is 0 Å². The number of benzene rings is 2. The van der Waals surface area contributed by atoms with E-state index >= 15 is 0 Å². The van der Waals surface area contributed by atoms with Crippen LogP contribution in [0.15, 0.2) is 54.7 Å². The standard InChI is InChI=1S/C17H13ClFN3O/c1-11-9-10-22(21-11)13-7-5-12(6-8-13)20-17(23)16-14(18)3-2-4-15(16)19/h2-10H,1H3,(H,20,23). The van der Waals surface area contributed by atoms with Gasteiger partial charge in [-0.05, 0) is 49.4 Å². The molecular weight excluding hydrogens is 317 g/mol. The van der Waals surface area contributed by atoms with Crippen molar-refractivity contribution in [3.63, 3.8) is 0 Å². The zero-order chi connectivity index (χ0) is 16.4. The van der Waals surface area contributed by atoms with Gasteiger partial charge in [-0.15, -0.1) is 0 Å². The number of carbonyl (C=O) groups is 1. The van der Waals surface area contributed by atoms with Gasteiger partial charge in [0.2, 0.25) is 0 Å². The number of aryl methyl sites for hydroxylation is 1. The van der Waals surface area contributed by atoms with E-state index in [-0.39, 0.29) is 10.6 Å². The summed E-state index contributed by atoms with van der Waals surface area (Å²) in [7, 11) is 0. The van der Waals surface area contributed by atoms with E-state index in [1.54, 1.807) is 16.8 Å². The van der Waals surface area contributed by atoms with Crippen LogP contribution in [0.3, 0.4) is 0 Å². The van der Waals surface area contributed by atoms with Gasteiger partial charge < -0.3 is 5.32 Å². The molecule has 0 saturated heterocycles. The highest BCUT2D eigenvalue weighted by atomic mass is 35.5. The van der Waals surface area contributed by atoms with Gasteiger partial charge in [0.05, 0.1) is 22.0 Å². The van der Waals surface area contributed by atoms with Crippen molar-refractivity contribution in [2.24, 2.45) is 0 Å². The quantitative estimate of drug-likeness (QED) is 0.781. The van der Waals surface area contributed by atoms with Gasteiger partial charge in [-0.3, -0.25) is 4.79 Å². The lowest BCUT2D eigenvalue weighted by Crippen LogP contribution is -2.14. The van der Waals surface area contributed by atoms with Crippen molar-refractivity contribution in [1.29, 1.82) is 0 Å². The molecule has 0 atom stereocenters. The maximum atomic E-state index is 13.7. The van der Waals surface area contributed by atoms with Gasteiger partial charge in [0, 0.05) is 11.9 Å². The first-order valence-electron chi connectivity index (χ1n) is 6.92. The van der Waals surface area contributed by atoms with Crippen LogP contribution < -0.4 is 5.32 Å². The molecule has 2 aromatic carbocycles. The van der Waals surface area contributed by atoms with Gasteiger partial charge in [-0.2, -0.15) is 5.10 Å². The van der Waals surface area contributed by atoms with E-state index in [4.69, 9.17) is 11.6 Å². The highest BCUT2D eigenvalue weighted by molar-refractivity contribution is 6.34. The maximum Gasteiger partial charge on any atom is 0.260 e. The zero-order valence-corrected chi connectivity index (χ0v) is 13.0. The van der Waals surface area contributed by atoms with Crippen molar-refractivity contribution >= 4 is 23.2 Å². The fraction of sp³-hybridized carbons (Fsp3) is 0.0588. The molecule has 4 nitrogen and oxygen atoms in total. The molecule has 1 aromatic heterocycles. The number of nitrogens with one attached hydrogen (secondary N) is 1. The fourth-order valence-corrected chi connectivity index (χ4v) is 2.41. The number of aromatic nitrogens is 2. The molecule has 3 aromatic rings. The summed E-state index contributed by atoms with van der Waals surface area (Å²) < 4.78 is 15.5. The van der Waals surface area contributed by atoms with E-state index in [1.165, 1.54) is 18.2 Å². The molecule has 1 heterocycles. The smallest absolute Gasteiger partial charge is 0.260 e. The van der Waals surface area contributed by atoms with Crippen molar-refractivity contribution < 1.29 is 9.18 Å². The average Bonchev–Trinajstić information content (AvgIpc) is 2.94. The Balaban J connectivity index is 1.79. The van der Waals surface area contributed by atoms with E-state index < -0.39 is 11.7 Å². The summed E-state index contributed by atoms with van der Waals surface area (Å²) in [6.45, 7) is 1.91. The molecule has 0 saturated carbocycles. The molecule has 0 fully saturated rings. The van der Waals surface area contributed by atoms with Crippen LogP contribution in [-0.4, -0.2) is 15.7 Å². The number of hydrogen-bond acceptors (Lipinski definition) is 2. The lowest BCUT2D eigenvalue weighted by molar-refractivity contribution is 0.102. The van der Waals surface area contributed by atoms with Crippen LogP contribution in [0.25, 0.3) is 5.69 Å². The van der Waals surface area contributed by atoms with Crippen molar-refractivity contribution in [1.82, 2.24) is 9.78 Å². The summed E-state index contributed by atoms with van der Waals surface area (Å²) >= 11 is 5.89. The maximum absolute atomic E-state index is 13.7. The Morgan fingerprint density at radius 1 is 1.17 bits per heavy atom. The largest absolute Gasteiger partial charge is 0.322 e. The SMILES string of the molecule is Cc1ccn(-c2ccc(NC(=O)c3c(F)cccc3Cl)cc2)n1. The van der Waals surface area contributed by atoms with Gasteiger partial charge in [0.15, 0.2) is 0 Å². The highest BCUT2D eigenvalue weighted by Crippen LogP contribution is 2.21. The summed E-state index contributed by atoms with van der Waals surface area (Å²) in [5.74, 6) is -1.24. The lowest BCUT2D eigenvalue weighted by atomic mass is 10.2. The third-order valence-corrected chi connectivity index (χ3v) is 3.62. The van der Waals surface area contributed by atoms with Crippen molar-refractivity contribution in [2.45, 2.75) is 6.92 Å². The number of amides is 1. The summed E-state index contributed by atoms with van der Waals surface area (Å²) in [6, 6.07) is 13.1. The van der Waals surface area contributed by atoms with Crippen LogP contribution in [0.4, 0.5) is 10.1 Å². The monoisotopic (exact) mass is 329 g/mol. The van der Waals surface area contributed by atoms with Gasteiger partial charge >= 0.3 is 0 Å². The lowest BCUT2D eigenvalue weighted by Gasteiger charge is -2.08. The number of rotatable bonds is 3. The number of halogens is 2. The molecule has 1 N–H and O–H groups in total. The van der Waals surface area contributed by atoms with E-state index in [9.17, 15) is 9.18 Å². The van der Waals surface area contributed by atoms with E-state index in [0.717, 1.165) is 11.4 Å². The molecule has 0 spiro atoms. The fourth-order valence-electron chi connectivity index (χ4n) is 2.16. The first-order chi connectivity index (χ1) is 11.0. The number of nitrogens with zero attached hydrogens (tertiary/aromatic N) is 2. The zero-order valence-electron chi connectivity index (χ0n) is 12.3. The average molecular weight is 330 g/mol. The highest BCUT2D eigenvalue weighted by Gasteiger charge is 2.15. The predicted molar refractivity (Wildman–Crippen MR) is 87.7 cm³/mol.